The van der Waals surface area contributed by atoms with Gasteiger partial charge in [0, 0.05) is 29.8 Å². The lowest BCUT2D eigenvalue weighted by atomic mass is 10.2. The fourth-order valence-corrected chi connectivity index (χ4v) is 3.01. The molecule has 0 radical (unpaired) electrons. The second-order valence-corrected chi connectivity index (χ2v) is 6.96. The van der Waals surface area contributed by atoms with E-state index in [1.165, 1.54) is 0 Å². The predicted molar refractivity (Wildman–Crippen MR) is 104 cm³/mol. The summed E-state index contributed by atoms with van der Waals surface area (Å²) in [6.45, 7) is 6.79. The van der Waals surface area contributed by atoms with Crippen LogP contribution in [0.4, 0.5) is 0 Å². The Labute approximate surface area is 162 Å². The third-order valence-corrected chi connectivity index (χ3v) is 4.65. The molecule has 26 heavy (non-hydrogen) atoms. The maximum atomic E-state index is 12.1. The molecule has 0 aromatic heterocycles. The van der Waals surface area contributed by atoms with Crippen molar-refractivity contribution in [2.45, 2.75) is 19.8 Å². The summed E-state index contributed by atoms with van der Waals surface area (Å²) in [6, 6.07) is 7.10. The number of halogens is 1. The molecular formula is C18H25BrN4O3. The Morgan fingerprint density at radius 1 is 1.27 bits per heavy atom. The molecule has 1 saturated heterocycles. The van der Waals surface area contributed by atoms with E-state index in [0.717, 1.165) is 39.3 Å². The number of carbonyl (C=O) groups is 2. The van der Waals surface area contributed by atoms with Gasteiger partial charge in [-0.1, -0.05) is 12.1 Å². The minimum atomic E-state index is -0.317. The summed E-state index contributed by atoms with van der Waals surface area (Å²) in [4.78, 5) is 26.3. The van der Waals surface area contributed by atoms with E-state index in [1.54, 1.807) is 25.1 Å². The molecule has 1 aliphatic heterocycles. The average Bonchev–Trinajstić information content (AvgIpc) is 2.64. The summed E-state index contributed by atoms with van der Waals surface area (Å²) in [5, 5.41) is 6.88. The van der Waals surface area contributed by atoms with Gasteiger partial charge in [0.05, 0.1) is 25.2 Å². The minimum Gasteiger partial charge on any atom is -0.379 e. The molecule has 2 amide bonds. The van der Waals surface area contributed by atoms with Gasteiger partial charge in [-0.2, -0.15) is 5.10 Å². The lowest BCUT2D eigenvalue weighted by Gasteiger charge is -2.26. The fourth-order valence-electron chi connectivity index (χ4n) is 2.54. The van der Waals surface area contributed by atoms with Gasteiger partial charge < -0.3 is 10.1 Å². The monoisotopic (exact) mass is 424 g/mol. The smallest absolute Gasteiger partial charge is 0.272 e. The molecule has 7 nitrogen and oxygen atoms in total. The first-order chi connectivity index (χ1) is 12.6. The summed E-state index contributed by atoms with van der Waals surface area (Å²) in [5.74, 6) is -0.411. The molecule has 1 heterocycles. The van der Waals surface area contributed by atoms with Crippen LogP contribution in [-0.2, 0) is 9.53 Å². The molecule has 0 aliphatic carbocycles. The maximum Gasteiger partial charge on any atom is 0.272 e. The van der Waals surface area contributed by atoms with Crippen molar-refractivity contribution in [3.8, 4) is 0 Å². The zero-order valence-corrected chi connectivity index (χ0v) is 16.5. The Hall–Kier alpha value is -1.77. The highest BCUT2D eigenvalue weighted by atomic mass is 79.9. The van der Waals surface area contributed by atoms with Gasteiger partial charge in [0.2, 0.25) is 5.91 Å². The van der Waals surface area contributed by atoms with Crippen molar-refractivity contribution in [2.75, 3.05) is 39.4 Å². The van der Waals surface area contributed by atoms with Gasteiger partial charge in [0.1, 0.15) is 0 Å². The van der Waals surface area contributed by atoms with E-state index in [1.807, 2.05) is 6.07 Å². The molecule has 142 valence electrons. The number of hydrazone groups is 1. The summed E-state index contributed by atoms with van der Waals surface area (Å²) in [5.41, 5.74) is 3.52. The molecular weight excluding hydrogens is 400 g/mol. The summed E-state index contributed by atoms with van der Waals surface area (Å²) in [7, 11) is 0. The van der Waals surface area contributed by atoms with Gasteiger partial charge in [-0.25, -0.2) is 5.43 Å². The van der Waals surface area contributed by atoms with Crippen LogP contribution >= 0.6 is 15.9 Å². The highest BCUT2D eigenvalue weighted by Gasteiger charge is 2.11. The Bertz CT molecular complexity index is 645. The van der Waals surface area contributed by atoms with Crippen LogP contribution in [0, 0.1) is 0 Å². The molecule has 2 rings (SSSR count). The molecule has 2 N–H and O–H groups in total. The Morgan fingerprint density at radius 2 is 2.00 bits per heavy atom. The second-order valence-electron chi connectivity index (χ2n) is 6.10. The van der Waals surface area contributed by atoms with E-state index in [9.17, 15) is 9.59 Å². The van der Waals surface area contributed by atoms with Crippen LogP contribution in [0.15, 0.2) is 33.8 Å². The number of amides is 2. The highest BCUT2D eigenvalue weighted by Crippen LogP contribution is 2.15. The third kappa shape index (κ3) is 7.23. The zero-order valence-electron chi connectivity index (χ0n) is 15.0. The molecule has 1 aliphatic rings. The SMILES string of the molecule is C/C(CC(=O)NCCCN1CCOCC1)=N\NC(=O)c1ccccc1Br. The number of hydrogen-bond acceptors (Lipinski definition) is 5. The number of nitrogens with zero attached hydrogens (tertiary/aromatic N) is 2. The third-order valence-electron chi connectivity index (χ3n) is 3.96. The Kier molecular flexibility index (Phi) is 8.73. The predicted octanol–water partition coefficient (Wildman–Crippen LogP) is 1.78. The van der Waals surface area contributed by atoms with Crippen LogP contribution in [-0.4, -0.2) is 61.8 Å². The Balaban J connectivity index is 1.65. The van der Waals surface area contributed by atoms with E-state index < -0.39 is 0 Å². The fraction of sp³-hybridized carbons (Fsp3) is 0.500. The number of rotatable bonds is 8. The van der Waals surface area contributed by atoms with Crippen LogP contribution in [0.2, 0.25) is 0 Å². The van der Waals surface area contributed by atoms with Crippen LogP contribution in [0.1, 0.15) is 30.1 Å². The van der Waals surface area contributed by atoms with Crippen LogP contribution in [0.3, 0.4) is 0 Å². The maximum absolute atomic E-state index is 12.1. The van der Waals surface area contributed by atoms with E-state index in [0.29, 0.717) is 22.3 Å². The summed E-state index contributed by atoms with van der Waals surface area (Å²) in [6.07, 6.45) is 1.06. The van der Waals surface area contributed by atoms with Crippen molar-refractivity contribution in [2.24, 2.45) is 5.10 Å². The van der Waals surface area contributed by atoms with Crippen molar-refractivity contribution in [1.82, 2.24) is 15.6 Å². The Morgan fingerprint density at radius 3 is 2.73 bits per heavy atom. The molecule has 1 aromatic rings. The van der Waals surface area contributed by atoms with Crippen molar-refractivity contribution in [3.63, 3.8) is 0 Å². The first-order valence-corrected chi connectivity index (χ1v) is 9.50. The zero-order chi connectivity index (χ0) is 18.8. The van der Waals surface area contributed by atoms with E-state index in [4.69, 9.17) is 4.74 Å². The number of carbonyl (C=O) groups excluding carboxylic acids is 2. The molecule has 1 fully saturated rings. The van der Waals surface area contributed by atoms with Crippen molar-refractivity contribution in [3.05, 3.63) is 34.3 Å². The van der Waals surface area contributed by atoms with E-state index in [-0.39, 0.29) is 18.2 Å². The first-order valence-electron chi connectivity index (χ1n) is 8.71. The number of ether oxygens (including phenoxy) is 1. The van der Waals surface area contributed by atoms with E-state index >= 15 is 0 Å². The molecule has 1 aromatic carbocycles. The van der Waals surface area contributed by atoms with Gasteiger partial charge in [-0.3, -0.25) is 14.5 Å². The van der Waals surface area contributed by atoms with Gasteiger partial charge in [0.15, 0.2) is 0 Å². The van der Waals surface area contributed by atoms with Crippen LogP contribution < -0.4 is 10.7 Å². The number of hydrogen-bond donors (Lipinski definition) is 2. The van der Waals surface area contributed by atoms with Crippen LogP contribution in [0.25, 0.3) is 0 Å². The second kappa shape index (κ2) is 11.1. The number of benzene rings is 1. The van der Waals surface area contributed by atoms with Crippen molar-refractivity contribution < 1.29 is 14.3 Å². The normalized spacial score (nSPS) is 15.5. The first kappa shape index (κ1) is 20.5. The average molecular weight is 425 g/mol. The number of morpholine rings is 1. The minimum absolute atomic E-state index is 0.0941. The topological polar surface area (TPSA) is 83.0 Å². The van der Waals surface area contributed by atoms with Crippen LogP contribution in [0.5, 0.6) is 0 Å². The molecule has 0 saturated carbocycles. The van der Waals surface area contributed by atoms with Gasteiger partial charge in [-0.15, -0.1) is 0 Å². The lowest BCUT2D eigenvalue weighted by Crippen LogP contribution is -2.38. The molecule has 8 heteroatoms. The van der Waals surface area contributed by atoms with Crippen molar-refractivity contribution >= 4 is 33.5 Å². The lowest BCUT2D eigenvalue weighted by molar-refractivity contribution is -0.119. The number of nitrogens with one attached hydrogen (secondary N) is 2. The quantitative estimate of drug-likeness (QED) is 0.378. The molecule has 0 spiro atoms. The largest absolute Gasteiger partial charge is 0.379 e. The standard InChI is InChI=1S/C18H25BrN4O3/c1-14(21-22-18(25)15-5-2-3-6-16(15)19)13-17(24)20-7-4-8-23-9-11-26-12-10-23/h2-3,5-6H,4,7-13H2,1H3,(H,20,24)(H,22,25)/b21-14+. The summed E-state index contributed by atoms with van der Waals surface area (Å²) < 4.78 is 6.00. The highest BCUT2D eigenvalue weighted by molar-refractivity contribution is 9.10. The molecule has 0 unspecified atom stereocenters. The molecule has 0 bridgehead atoms. The van der Waals surface area contributed by atoms with Crippen molar-refractivity contribution in [1.29, 1.82) is 0 Å². The summed E-state index contributed by atoms with van der Waals surface area (Å²) >= 11 is 3.32. The van der Waals surface area contributed by atoms with Gasteiger partial charge in [-0.05, 0) is 48.0 Å². The molecule has 0 atom stereocenters. The van der Waals surface area contributed by atoms with E-state index in [2.05, 4.69) is 36.7 Å². The van der Waals surface area contributed by atoms with Gasteiger partial charge in [0.25, 0.3) is 5.91 Å². The van der Waals surface area contributed by atoms with Gasteiger partial charge >= 0.3 is 0 Å².